The van der Waals surface area contributed by atoms with Crippen LogP contribution in [0.25, 0.3) is 0 Å². The van der Waals surface area contributed by atoms with Gasteiger partial charge in [-0.2, -0.15) is 0 Å². The monoisotopic (exact) mass is 297 g/mol. The Hall–Kier alpha value is -2.11. The molecule has 0 saturated carbocycles. The van der Waals surface area contributed by atoms with Gasteiger partial charge in [0.1, 0.15) is 6.54 Å². The molecule has 0 heterocycles. The molecule has 6 heteroatoms. The van der Waals surface area contributed by atoms with Gasteiger partial charge in [-0.25, -0.2) is 4.39 Å². The molecule has 0 fully saturated rings. The van der Waals surface area contributed by atoms with Gasteiger partial charge in [-0.05, 0) is 32.9 Å². The molecular weight excluding hydrogens is 277 g/mol. The fraction of sp³-hybridized carbons (Fsp3) is 0.467. The molecule has 0 aliphatic carbocycles. The molecule has 0 aromatic heterocycles. The largest absolute Gasteiger partial charge is 0.478 e. The first kappa shape index (κ1) is 16.9. The minimum Gasteiger partial charge on any atom is -0.478 e. The van der Waals surface area contributed by atoms with Crippen molar-refractivity contribution in [2.24, 2.45) is 0 Å². The molecule has 0 bridgehead atoms. The number of hydrogen-bond donors (Lipinski definition) is 0. The van der Waals surface area contributed by atoms with E-state index in [0.717, 1.165) is 0 Å². The fourth-order valence-electron chi connectivity index (χ4n) is 1.73. The summed E-state index contributed by atoms with van der Waals surface area (Å²) in [5.74, 6) is -1.46. The average molecular weight is 297 g/mol. The summed E-state index contributed by atoms with van der Waals surface area (Å²) in [6, 6.07) is 5.64. The van der Waals surface area contributed by atoms with Crippen LogP contribution in [0.4, 0.5) is 4.39 Å². The van der Waals surface area contributed by atoms with Crippen LogP contribution in [0, 0.1) is 5.82 Å². The Morgan fingerprint density at radius 2 is 1.86 bits per heavy atom. The standard InChI is InChI=1S/C15H20FNO4/c1-10(2)17(9-14(18)20-4)15(19)11(3)21-13-8-6-5-7-12(13)16/h5-8,10-11H,9H2,1-4H3. The highest BCUT2D eigenvalue weighted by Crippen LogP contribution is 2.18. The van der Waals surface area contributed by atoms with Crippen molar-refractivity contribution in [3.63, 3.8) is 0 Å². The number of ether oxygens (including phenoxy) is 2. The third-order valence-electron chi connectivity index (χ3n) is 2.92. The average Bonchev–Trinajstić information content (AvgIpc) is 2.45. The van der Waals surface area contributed by atoms with E-state index in [1.807, 2.05) is 0 Å². The number of halogens is 1. The fourth-order valence-corrected chi connectivity index (χ4v) is 1.73. The lowest BCUT2D eigenvalue weighted by atomic mass is 10.2. The number of benzene rings is 1. The van der Waals surface area contributed by atoms with Crippen molar-refractivity contribution in [1.29, 1.82) is 0 Å². The van der Waals surface area contributed by atoms with Crippen molar-refractivity contribution in [2.45, 2.75) is 32.9 Å². The van der Waals surface area contributed by atoms with Crippen LogP contribution in [-0.4, -0.2) is 42.6 Å². The smallest absolute Gasteiger partial charge is 0.325 e. The number of rotatable bonds is 6. The summed E-state index contributed by atoms with van der Waals surface area (Å²) >= 11 is 0. The molecule has 0 aliphatic heterocycles. The molecule has 5 nitrogen and oxygen atoms in total. The number of methoxy groups -OCH3 is 1. The molecular formula is C15H20FNO4. The van der Waals surface area contributed by atoms with E-state index in [4.69, 9.17) is 4.74 Å². The number of nitrogens with zero attached hydrogens (tertiary/aromatic N) is 1. The predicted molar refractivity (Wildman–Crippen MR) is 75.4 cm³/mol. The third kappa shape index (κ3) is 4.73. The Labute approximate surface area is 123 Å². The highest BCUT2D eigenvalue weighted by Gasteiger charge is 2.27. The van der Waals surface area contributed by atoms with Crippen LogP contribution < -0.4 is 4.74 Å². The Kier molecular flexibility index (Phi) is 6.14. The molecule has 0 spiro atoms. The quantitative estimate of drug-likeness (QED) is 0.754. The minimum atomic E-state index is -0.908. The zero-order valence-electron chi connectivity index (χ0n) is 12.6. The van der Waals surface area contributed by atoms with Gasteiger partial charge in [-0.3, -0.25) is 9.59 Å². The summed E-state index contributed by atoms with van der Waals surface area (Å²) in [5, 5.41) is 0. The molecule has 0 N–H and O–H groups in total. The molecule has 21 heavy (non-hydrogen) atoms. The summed E-state index contributed by atoms with van der Waals surface area (Å²) in [7, 11) is 1.25. The third-order valence-corrected chi connectivity index (χ3v) is 2.92. The topological polar surface area (TPSA) is 55.8 Å². The number of carbonyl (C=O) groups is 2. The van der Waals surface area contributed by atoms with Gasteiger partial charge in [0.2, 0.25) is 0 Å². The van der Waals surface area contributed by atoms with Crippen LogP contribution in [0.3, 0.4) is 0 Å². The Morgan fingerprint density at radius 3 is 2.38 bits per heavy atom. The van der Waals surface area contributed by atoms with Crippen LogP contribution >= 0.6 is 0 Å². The first-order valence-electron chi connectivity index (χ1n) is 6.65. The number of amides is 1. The molecule has 1 aromatic rings. The highest BCUT2D eigenvalue weighted by atomic mass is 19.1. The lowest BCUT2D eigenvalue weighted by molar-refractivity contribution is -0.151. The van der Waals surface area contributed by atoms with Crippen molar-refractivity contribution in [3.05, 3.63) is 30.1 Å². The molecule has 0 aliphatic rings. The van der Waals surface area contributed by atoms with E-state index < -0.39 is 23.8 Å². The number of para-hydroxylation sites is 1. The van der Waals surface area contributed by atoms with Crippen LogP contribution in [0.15, 0.2) is 24.3 Å². The molecule has 0 radical (unpaired) electrons. The molecule has 0 saturated heterocycles. The van der Waals surface area contributed by atoms with E-state index in [1.165, 1.54) is 37.1 Å². The van der Waals surface area contributed by atoms with Gasteiger partial charge in [0.25, 0.3) is 5.91 Å². The van der Waals surface area contributed by atoms with Gasteiger partial charge in [0.15, 0.2) is 17.7 Å². The predicted octanol–water partition coefficient (Wildman–Crippen LogP) is 2.00. The van der Waals surface area contributed by atoms with E-state index in [9.17, 15) is 14.0 Å². The minimum absolute atomic E-state index is 0.000115. The zero-order valence-corrected chi connectivity index (χ0v) is 12.6. The first-order chi connectivity index (χ1) is 9.86. The van der Waals surface area contributed by atoms with Crippen molar-refractivity contribution >= 4 is 11.9 Å². The van der Waals surface area contributed by atoms with Gasteiger partial charge < -0.3 is 14.4 Å². The Morgan fingerprint density at radius 1 is 1.24 bits per heavy atom. The maximum Gasteiger partial charge on any atom is 0.325 e. The lowest BCUT2D eigenvalue weighted by Gasteiger charge is -2.28. The van der Waals surface area contributed by atoms with Crippen molar-refractivity contribution in [3.8, 4) is 5.75 Å². The summed E-state index contributed by atoms with van der Waals surface area (Å²) in [6.07, 6.45) is -0.908. The molecule has 1 unspecified atom stereocenters. The summed E-state index contributed by atoms with van der Waals surface area (Å²) in [5.41, 5.74) is 0. The first-order valence-corrected chi connectivity index (χ1v) is 6.65. The number of carbonyl (C=O) groups excluding carboxylic acids is 2. The summed E-state index contributed by atoms with van der Waals surface area (Å²) < 4.78 is 23.4. The zero-order chi connectivity index (χ0) is 16.0. The van der Waals surface area contributed by atoms with E-state index in [0.29, 0.717) is 0 Å². The second-order valence-electron chi connectivity index (χ2n) is 4.83. The number of esters is 1. The van der Waals surface area contributed by atoms with Crippen molar-refractivity contribution < 1.29 is 23.5 Å². The molecule has 1 atom stereocenters. The lowest BCUT2D eigenvalue weighted by Crippen LogP contribution is -2.47. The van der Waals surface area contributed by atoms with Crippen molar-refractivity contribution in [1.82, 2.24) is 4.90 Å². The van der Waals surface area contributed by atoms with Gasteiger partial charge in [-0.1, -0.05) is 12.1 Å². The Balaban J connectivity index is 2.79. The van der Waals surface area contributed by atoms with Crippen LogP contribution in [0.2, 0.25) is 0 Å². The molecule has 1 rings (SSSR count). The van der Waals surface area contributed by atoms with Crippen molar-refractivity contribution in [2.75, 3.05) is 13.7 Å². The van der Waals surface area contributed by atoms with E-state index in [1.54, 1.807) is 19.9 Å². The SMILES string of the molecule is COC(=O)CN(C(=O)C(C)Oc1ccccc1F)C(C)C. The maximum absolute atomic E-state index is 13.5. The second kappa shape index (κ2) is 7.61. The number of hydrogen-bond acceptors (Lipinski definition) is 4. The second-order valence-corrected chi connectivity index (χ2v) is 4.83. The van der Waals surface area contributed by atoms with Crippen LogP contribution in [0.5, 0.6) is 5.75 Å². The maximum atomic E-state index is 13.5. The van der Waals surface area contributed by atoms with E-state index in [-0.39, 0.29) is 18.3 Å². The van der Waals surface area contributed by atoms with Crippen LogP contribution in [0.1, 0.15) is 20.8 Å². The van der Waals surface area contributed by atoms with Gasteiger partial charge in [-0.15, -0.1) is 0 Å². The van der Waals surface area contributed by atoms with Crippen LogP contribution in [-0.2, 0) is 14.3 Å². The normalized spacial score (nSPS) is 11.9. The summed E-state index contributed by atoms with van der Waals surface area (Å²) in [4.78, 5) is 25.0. The van der Waals surface area contributed by atoms with E-state index in [2.05, 4.69) is 4.74 Å². The Bertz CT molecular complexity index is 504. The molecule has 1 aromatic carbocycles. The highest BCUT2D eigenvalue weighted by molar-refractivity contribution is 5.85. The summed E-state index contributed by atoms with van der Waals surface area (Å²) in [6.45, 7) is 4.90. The molecule has 1 amide bonds. The van der Waals surface area contributed by atoms with Gasteiger partial charge >= 0.3 is 5.97 Å². The molecule has 116 valence electrons. The van der Waals surface area contributed by atoms with Gasteiger partial charge in [0, 0.05) is 6.04 Å². The van der Waals surface area contributed by atoms with E-state index >= 15 is 0 Å². The van der Waals surface area contributed by atoms with Gasteiger partial charge in [0.05, 0.1) is 7.11 Å².